The van der Waals surface area contributed by atoms with Gasteiger partial charge in [-0.05, 0) is 47.3 Å². The third-order valence-corrected chi connectivity index (χ3v) is 6.97. The zero-order valence-corrected chi connectivity index (χ0v) is 19.1. The van der Waals surface area contributed by atoms with Gasteiger partial charge in [0.1, 0.15) is 0 Å². The lowest BCUT2D eigenvalue weighted by atomic mass is 9.98. The Morgan fingerprint density at radius 2 is 2.03 bits per heavy atom. The van der Waals surface area contributed by atoms with Crippen molar-refractivity contribution in [2.75, 3.05) is 11.9 Å². The van der Waals surface area contributed by atoms with Crippen LogP contribution in [0.3, 0.4) is 0 Å². The van der Waals surface area contributed by atoms with E-state index >= 15 is 0 Å². The topological polar surface area (TPSA) is 74.7 Å². The highest BCUT2D eigenvalue weighted by atomic mass is 32.1. The summed E-state index contributed by atoms with van der Waals surface area (Å²) in [5, 5.41) is 18.6. The average Bonchev–Trinajstić information content (AvgIpc) is 3.53. The summed E-state index contributed by atoms with van der Waals surface area (Å²) in [4.78, 5) is 19.5. The molecule has 2 heterocycles. The number of likely N-dealkylation sites (tertiary alicyclic amines) is 1. The van der Waals surface area contributed by atoms with Gasteiger partial charge in [-0.2, -0.15) is 0 Å². The Balaban J connectivity index is 1.25. The lowest BCUT2D eigenvalue weighted by molar-refractivity contribution is -0.204. The first kappa shape index (κ1) is 22.0. The van der Waals surface area contributed by atoms with E-state index in [0.29, 0.717) is 24.7 Å². The molecule has 1 aromatic heterocycles. The molecule has 1 saturated heterocycles. The molecule has 33 heavy (non-hydrogen) atoms. The largest absolute Gasteiger partial charge is 0.356 e. The molecule has 7 heteroatoms. The molecule has 0 radical (unpaired) electrons. The number of anilines is 1. The lowest BCUT2D eigenvalue weighted by Crippen LogP contribution is -2.46. The number of hydrogen-bond acceptors (Lipinski definition) is 6. The Bertz CT molecular complexity index is 1240. The number of aliphatic hydroxyl groups is 1. The second-order valence-electron chi connectivity index (χ2n) is 8.35. The number of thiazole rings is 1. The van der Waals surface area contributed by atoms with Gasteiger partial charge in [-0.15, -0.1) is 11.3 Å². The molecule has 170 valence electrons. The van der Waals surface area contributed by atoms with Crippen LogP contribution in [0, 0.1) is 0 Å². The Kier molecular flexibility index (Phi) is 6.64. The Hall–Kier alpha value is -2.84. The summed E-state index contributed by atoms with van der Waals surface area (Å²) >= 11 is 1.44. The molecule has 0 saturated carbocycles. The van der Waals surface area contributed by atoms with Crippen LogP contribution in [-0.4, -0.2) is 39.9 Å². The van der Waals surface area contributed by atoms with E-state index in [9.17, 15) is 9.90 Å². The van der Waals surface area contributed by atoms with Crippen molar-refractivity contribution >= 4 is 34.0 Å². The molecule has 0 bridgehead atoms. The fraction of sp³-hybridized carbons (Fsp3) is 0.308. The quantitative estimate of drug-likeness (QED) is 0.530. The minimum atomic E-state index is -1.12. The molecular weight excluding hydrogens is 434 g/mol. The third kappa shape index (κ3) is 4.91. The first-order valence-corrected chi connectivity index (χ1v) is 12.2. The number of nitrogens with one attached hydrogen (secondary N) is 1. The van der Waals surface area contributed by atoms with E-state index in [2.05, 4.69) is 29.6 Å². The van der Waals surface area contributed by atoms with Crippen LogP contribution in [0.2, 0.25) is 0 Å². The molecule has 5 rings (SSSR count). The van der Waals surface area contributed by atoms with Gasteiger partial charge in [0.2, 0.25) is 12.3 Å². The van der Waals surface area contributed by atoms with Gasteiger partial charge < -0.3 is 15.2 Å². The number of hydrogen-bond donors (Lipinski definition) is 2. The molecule has 1 unspecified atom stereocenters. The maximum Gasteiger partial charge on any atom is 0.243 e. The number of ether oxygens (including phenoxy) is 1. The number of carbonyl (C=O) groups is 1. The Morgan fingerprint density at radius 3 is 2.91 bits per heavy atom. The summed E-state index contributed by atoms with van der Waals surface area (Å²) in [6, 6.07) is 17.6. The maximum atomic E-state index is 13.0. The first-order valence-electron chi connectivity index (χ1n) is 11.3. The van der Waals surface area contributed by atoms with Gasteiger partial charge in [0, 0.05) is 11.9 Å². The lowest BCUT2D eigenvalue weighted by Gasteiger charge is -2.28. The van der Waals surface area contributed by atoms with Gasteiger partial charge in [-0.1, -0.05) is 60.7 Å². The molecule has 2 aromatic carbocycles. The molecule has 2 atom stereocenters. The molecule has 1 aliphatic carbocycles. The summed E-state index contributed by atoms with van der Waals surface area (Å²) in [6.45, 7) is 0.905. The van der Waals surface area contributed by atoms with E-state index in [-0.39, 0.29) is 5.91 Å². The Labute approximate surface area is 196 Å². The van der Waals surface area contributed by atoms with Gasteiger partial charge in [0.05, 0.1) is 18.3 Å². The van der Waals surface area contributed by atoms with Crippen molar-refractivity contribution in [2.24, 2.45) is 0 Å². The summed E-state index contributed by atoms with van der Waals surface area (Å²) in [6.07, 6.45) is 4.57. The van der Waals surface area contributed by atoms with Gasteiger partial charge in [0.25, 0.3) is 0 Å². The second kappa shape index (κ2) is 9.97. The number of benzene rings is 2. The van der Waals surface area contributed by atoms with Crippen molar-refractivity contribution in [2.45, 2.75) is 44.7 Å². The van der Waals surface area contributed by atoms with E-state index < -0.39 is 12.5 Å². The number of nitrogens with zero attached hydrogens (tertiary/aromatic N) is 2. The number of fused-ring (bicyclic) bond motifs is 1. The van der Waals surface area contributed by atoms with Crippen molar-refractivity contribution in [3.63, 3.8) is 0 Å². The van der Waals surface area contributed by atoms with Gasteiger partial charge in [-0.25, -0.2) is 9.88 Å². The number of aromatic nitrogens is 1. The van der Waals surface area contributed by atoms with E-state index in [1.54, 1.807) is 4.90 Å². The average molecular weight is 462 g/mol. The van der Waals surface area contributed by atoms with Crippen molar-refractivity contribution in [1.29, 1.82) is 0 Å². The molecule has 2 aliphatic rings. The second-order valence-corrected chi connectivity index (χ2v) is 9.21. The minimum Gasteiger partial charge on any atom is -0.356 e. The summed E-state index contributed by atoms with van der Waals surface area (Å²) < 4.78 is 5.64. The van der Waals surface area contributed by atoms with Crippen LogP contribution in [0.5, 0.6) is 0 Å². The minimum absolute atomic E-state index is 0.155. The summed E-state index contributed by atoms with van der Waals surface area (Å²) in [7, 11) is 0. The number of rotatable bonds is 7. The maximum absolute atomic E-state index is 13.0. The predicted octanol–water partition coefficient (Wildman–Crippen LogP) is 2.81. The van der Waals surface area contributed by atoms with Gasteiger partial charge in [0.15, 0.2) is 5.13 Å². The Morgan fingerprint density at radius 1 is 1.21 bits per heavy atom. The molecule has 1 fully saturated rings. The summed E-state index contributed by atoms with van der Waals surface area (Å²) in [5.41, 5.74) is 3.12. The normalized spacial score (nSPS) is 19.1. The molecule has 0 spiro atoms. The number of amides is 1. The van der Waals surface area contributed by atoms with Crippen LogP contribution in [0.1, 0.15) is 36.9 Å². The standard InChI is InChI=1S/C26H27N3O3S/c30-24(23-14-7-15-29(23)26(31)32-16-18-8-2-1-3-9-18)28-25-27-22(17-33-25)21-13-6-11-19-10-4-5-12-20(19)21/h1-5,8-12,17,23,26,31H,6-7,13-16H2,(H,27,28,30)/t23-,26?/m0/s1. The van der Waals surface area contributed by atoms with Crippen molar-refractivity contribution < 1.29 is 14.6 Å². The number of carbonyl (C=O) groups excluding carboxylic acids is 1. The zero-order valence-electron chi connectivity index (χ0n) is 18.3. The highest BCUT2D eigenvalue weighted by molar-refractivity contribution is 7.14. The third-order valence-electron chi connectivity index (χ3n) is 6.21. The number of aliphatic hydroxyl groups excluding tert-OH is 1. The van der Waals surface area contributed by atoms with E-state index in [1.807, 2.05) is 41.8 Å². The zero-order chi connectivity index (χ0) is 22.6. The van der Waals surface area contributed by atoms with Crippen LogP contribution >= 0.6 is 11.3 Å². The van der Waals surface area contributed by atoms with Crippen molar-refractivity contribution in [3.8, 4) is 0 Å². The van der Waals surface area contributed by atoms with Crippen LogP contribution in [0.25, 0.3) is 11.6 Å². The SMILES string of the molecule is O=C(Nc1nc(C2=c3ccccc3=CCC2)cs1)[C@@H]1CCCN1C(O)OCc1ccccc1. The molecule has 3 aromatic rings. The smallest absolute Gasteiger partial charge is 0.243 e. The fourth-order valence-corrected chi connectivity index (χ4v) is 5.29. The molecule has 1 aliphatic heterocycles. The molecule has 1 amide bonds. The monoisotopic (exact) mass is 461 g/mol. The molecule has 6 nitrogen and oxygen atoms in total. The van der Waals surface area contributed by atoms with Crippen LogP contribution in [0.4, 0.5) is 5.13 Å². The highest BCUT2D eigenvalue weighted by Gasteiger charge is 2.35. The predicted molar refractivity (Wildman–Crippen MR) is 130 cm³/mol. The molecular formula is C26H27N3O3S. The van der Waals surface area contributed by atoms with Gasteiger partial charge >= 0.3 is 0 Å². The van der Waals surface area contributed by atoms with E-state index in [4.69, 9.17) is 9.72 Å². The van der Waals surface area contributed by atoms with Crippen LogP contribution < -0.4 is 15.8 Å². The van der Waals surface area contributed by atoms with E-state index in [1.165, 1.54) is 27.3 Å². The van der Waals surface area contributed by atoms with Crippen LogP contribution in [0.15, 0.2) is 60.0 Å². The fourth-order valence-electron chi connectivity index (χ4n) is 4.56. The first-order chi connectivity index (χ1) is 16.2. The van der Waals surface area contributed by atoms with Crippen molar-refractivity contribution in [3.05, 3.63) is 81.7 Å². The van der Waals surface area contributed by atoms with Crippen molar-refractivity contribution in [1.82, 2.24) is 9.88 Å². The highest BCUT2D eigenvalue weighted by Crippen LogP contribution is 2.26. The van der Waals surface area contributed by atoms with E-state index in [0.717, 1.165) is 30.5 Å². The van der Waals surface area contributed by atoms with Crippen LogP contribution in [-0.2, 0) is 16.1 Å². The summed E-state index contributed by atoms with van der Waals surface area (Å²) in [5.74, 6) is -0.155. The van der Waals surface area contributed by atoms with Gasteiger partial charge in [-0.3, -0.25) is 4.79 Å². The molecule has 2 N–H and O–H groups in total.